The molecule has 1 aliphatic rings. The molecule has 0 amide bonds. The first-order valence-corrected chi connectivity index (χ1v) is 5.26. The molecule has 2 aromatic rings. The molecule has 3 nitrogen and oxygen atoms in total. The third-order valence-electron chi connectivity index (χ3n) is 3.05. The molecule has 0 spiro atoms. The molecule has 2 heterocycles. The maximum Gasteiger partial charge on any atom is 0.149 e. The molecule has 1 aliphatic heterocycles. The van der Waals surface area contributed by atoms with Gasteiger partial charge in [0.05, 0.1) is 5.69 Å². The summed E-state index contributed by atoms with van der Waals surface area (Å²) >= 11 is 0. The Hall–Kier alpha value is -1.32. The second-order valence-corrected chi connectivity index (χ2v) is 3.88. The molecule has 3 rings (SSSR count). The number of nitrogens with one attached hydrogen (secondary N) is 2. The van der Waals surface area contributed by atoms with Gasteiger partial charge in [-0.05, 0) is 18.1 Å². The number of H-pyrrole nitrogens is 1. The Morgan fingerprint density at radius 2 is 2.20 bits per heavy atom. The van der Waals surface area contributed by atoms with Gasteiger partial charge in [-0.2, -0.15) is 0 Å². The van der Waals surface area contributed by atoms with Crippen molar-refractivity contribution in [1.29, 1.82) is 0 Å². The lowest BCUT2D eigenvalue weighted by Gasteiger charge is -2.22. The Morgan fingerprint density at radius 3 is 3.07 bits per heavy atom. The van der Waals surface area contributed by atoms with Gasteiger partial charge in [-0.15, -0.1) is 0 Å². The zero-order valence-electron chi connectivity index (χ0n) is 8.71. The van der Waals surface area contributed by atoms with E-state index in [1.54, 1.807) is 7.11 Å². The van der Waals surface area contributed by atoms with E-state index in [2.05, 4.69) is 34.6 Å². The van der Waals surface area contributed by atoms with Gasteiger partial charge in [0, 0.05) is 24.6 Å². The lowest BCUT2D eigenvalue weighted by molar-refractivity contribution is 0.0657. The molecule has 2 N–H and O–H groups in total. The van der Waals surface area contributed by atoms with E-state index < -0.39 is 0 Å². The number of methoxy groups -OCH3 is 1. The number of rotatable bonds is 1. The number of aromatic amines is 1. The van der Waals surface area contributed by atoms with Crippen LogP contribution in [0.3, 0.4) is 0 Å². The average Bonchev–Trinajstić information content (AvgIpc) is 2.67. The van der Waals surface area contributed by atoms with Gasteiger partial charge in [0.1, 0.15) is 6.23 Å². The van der Waals surface area contributed by atoms with Crippen LogP contribution >= 0.6 is 0 Å². The highest BCUT2D eigenvalue weighted by atomic mass is 16.5. The summed E-state index contributed by atoms with van der Waals surface area (Å²) in [5, 5.41) is 4.66. The van der Waals surface area contributed by atoms with Crippen LogP contribution in [0, 0.1) is 0 Å². The molecule has 0 radical (unpaired) electrons. The standard InChI is InChI=1S/C12H14N2O/c1-15-12-11-9(6-7-13-12)8-4-2-3-5-10(8)14-11/h2-5,12-14H,6-7H2,1H3. The molecule has 1 unspecified atom stereocenters. The highest BCUT2D eigenvalue weighted by Crippen LogP contribution is 2.29. The Bertz CT molecular complexity index is 489. The number of ether oxygens (including phenoxy) is 1. The van der Waals surface area contributed by atoms with E-state index in [0.29, 0.717) is 0 Å². The van der Waals surface area contributed by atoms with Gasteiger partial charge < -0.3 is 9.72 Å². The third-order valence-corrected chi connectivity index (χ3v) is 3.05. The number of para-hydroxylation sites is 1. The smallest absolute Gasteiger partial charge is 0.149 e. The number of benzene rings is 1. The minimum atomic E-state index is 0.0150. The third kappa shape index (κ3) is 1.28. The molecule has 78 valence electrons. The monoisotopic (exact) mass is 202 g/mol. The minimum Gasteiger partial charge on any atom is -0.361 e. The highest BCUT2D eigenvalue weighted by Gasteiger charge is 2.22. The fraction of sp³-hybridized carbons (Fsp3) is 0.333. The average molecular weight is 202 g/mol. The van der Waals surface area contributed by atoms with Crippen molar-refractivity contribution in [2.45, 2.75) is 12.6 Å². The highest BCUT2D eigenvalue weighted by molar-refractivity contribution is 5.85. The molecule has 0 saturated heterocycles. The van der Waals surface area contributed by atoms with Gasteiger partial charge in [-0.25, -0.2) is 0 Å². The molecule has 0 fully saturated rings. The molecule has 0 aliphatic carbocycles. The van der Waals surface area contributed by atoms with Gasteiger partial charge in [-0.1, -0.05) is 18.2 Å². The van der Waals surface area contributed by atoms with Crippen LogP contribution < -0.4 is 5.32 Å². The molecular formula is C12H14N2O. The summed E-state index contributed by atoms with van der Waals surface area (Å²) in [5.74, 6) is 0. The first-order chi connectivity index (χ1) is 7.40. The van der Waals surface area contributed by atoms with Gasteiger partial charge >= 0.3 is 0 Å². The van der Waals surface area contributed by atoms with Gasteiger partial charge in [0.15, 0.2) is 0 Å². The quantitative estimate of drug-likeness (QED) is 0.741. The van der Waals surface area contributed by atoms with Crippen LogP contribution in [-0.4, -0.2) is 18.6 Å². The van der Waals surface area contributed by atoms with E-state index in [-0.39, 0.29) is 6.23 Å². The predicted octanol–water partition coefficient (Wildman–Crippen LogP) is 1.96. The van der Waals surface area contributed by atoms with Gasteiger partial charge in [0.2, 0.25) is 0 Å². The molecule has 3 heteroatoms. The van der Waals surface area contributed by atoms with Crippen molar-refractivity contribution in [3.05, 3.63) is 35.5 Å². The second kappa shape index (κ2) is 3.36. The summed E-state index contributed by atoms with van der Waals surface area (Å²) in [4.78, 5) is 3.43. The zero-order valence-corrected chi connectivity index (χ0v) is 8.71. The van der Waals surface area contributed by atoms with Crippen molar-refractivity contribution >= 4 is 10.9 Å². The Balaban J connectivity index is 2.24. The molecule has 1 aromatic heterocycles. The summed E-state index contributed by atoms with van der Waals surface area (Å²) in [6.45, 7) is 0.980. The maximum atomic E-state index is 5.40. The Labute approximate surface area is 88.4 Å². The van der Waals surface area contributed by atoms with E-state index in [9.17, 15) is 0 Å². The number of hydrogen-bond donors (Lipinski definition) is 2. The number of fused-ring (bicyclic) bond motifs is 3. The van der Waals surface area contributed by atoms with Crippen molar-refractivity contribution in [2.75, 3.05) is 13.7 Å². The molecule has 1 aromatic carbocycles. The van der Waals surface area contributed by atoms with Crippen molar-refractivity contribution in [3.63, 3.8) is 0 Å². The van der Waals surface area contributed by atoms with Crippen LogP contribution in [0.2, 0.25) is 0 Å². The Kier molecular flexibility index (Phi) is 2.01. The largest absolute Gasteiger partial charge is 0.361 e. The molecule has 1 atom stereocenters. The summed E-state index contributed by atoms with van der Waals surface area (Å²) < 4.78 is 5.40. The van der Waals surface area contributed by atoms with Crippen molar-refractivity contribution in [2.24, 2.45) is 0 Å². The number of hydrogen-bond acceptors (Lipinski definition) is 2. The molecular weight excluding hydrogens is 188 g/mol. The lowest BCUT2D eigenvalue weighted by atomic mass is 10.0. The van der Waals surface area contributed by atoms with Crippen molar-refractivity contribution in [3.8, 4) is 0 Å². The summed E-state index contributed by atoms with van der Waals surface area (Å²) in [5.41, 5.74) is 3.79. The van der Waals surface area contributed by atoms with Crippen molar-refractivity contribution in [1.82, 2.24) is 10.3 Å². The topological polar surface area (TPSA) is 37.0 Å². The van der Waals surface area contributed by atoms with Gasteiger partial charge in [-0.3, -0.25) is 5.32 Å². The fourth-order valence-corrected chi connectivity index (χ4v) is 2.35. The predicted molar refractivity (Wildman–Crippen MR) is 59.8 cm³/mol. The van der Waals surface area contributed by atoms with Gasteiger partial charge in [0.25, 0.3) is 0 Å². The van der Waals surface area contributed by atoms with E-state index in [1.165, 1.54) is 22.2 Å². The van der Waals surface area contributed by atoms with E-state index in [0.717, 1.165) is 13.0 Å². The summed E-state index contributed by atoms with van der Waals surface area (Å²) in [7, 11) is 1.73. The number of aromatic nitrogens is 1. The first kappa shape index (κ1) is 8.95. The van der Waals surface area contributed by atoms with E-state index in [1.807, 2.05) is 0 Å². The SMILES string of the molecule is COC1NCCc2c1[nH]c1ccccc21. The van der Waals surface area contributed by atoms with Crippen LogP contribution in [0.1, 0.15) is 17.5 Å². The fourth-order valence-electron chi connectivity index (χ4n) is 2.35. The summed E-state index contributed by atoms with van der Waals surface area (Å²) in [6, 6.07) is 8.42. The molecule has 15 heavy (non-hydrogen) atoms. The molecule has 0 bridgehead atoms. The minimum absolute atomic E-state index is 0.0150. The van der Waals surface area contributed by atoms with Crippen LogP contribution in [0.25, 0.3) is 10.9 Å². The van der Waals surface area contributed by atoms with Crippen LogP contribution in [-0.2, 0) is 11.2 Å². The normalized spacial score (nSPS) is 20.5. The van der Waals surface area contributed by atoms with Crippen LogP contribution in [0.4, 0.5) is 0 Å². The van der Waals surface area contributed by atoms with E-state index in [4.69, 9.17) is 4.74 Å². The molecule has 0 saturated carbocycles. The van der Waals surface area contributed by atoms with E-state index >= 15 is 0 Å². The maximum absolute atomic E-state index is 5.40. The Morgan fingerprint density at radius 1 is 1.33 bits per heavy atom. The summed E-state index contributed by atoms with van der Waals surface area (Å²) in [6.07, 6.45) is 1.08. The van der Waals surface area contributed by atoms with Crippen molar-refractivity contribution < 1.29 is 4.74 Å². The zero-order chi connectivity index (χ0) is 10.3. The second-order valence-electron chi connectivity index (χ2n) is 3.88. The van der Waals surface area contributed by atoms with Crippen LogP contribution in [0.15, 0.2) is 24.3 Å². The first-order valence-electron chi connectivity index (χ1n) is 5.26. The lowest BCUT2D eigenvalue weighted by Crippen LogP contribution is -2.30. The van der Waals surface area contributed by atoms with Crippen LogP contribution in [0.5, 0.6) is 0 Å².